The molecule has 0 atom stereocenters. The van der Waals surface area contributed by atoms with Crippen LogP contribution in [0.4, 0.5) is 5.69 Å². The van der Waals surface area contributed by atoms with E-state index in [0.29, 0.717) is 22.3 Å². The van der Waals surface area contributed by atoms with Gasteiger partial charge in [-0.15, -0.1) is 0 Å². The maximum absolute atomic E-state index is 11.6. The predicted molar refractivity (Wildman–Crippen MR) is 68.4 cm³/mol. The highest BCUT2D eigenvalue weighted by molar-refractivity contribution is 7.90. The van der Waals surface area contributed by atoms with Crippen LogP contribution in [-0.4, -0.2) is 38.9 Å². The summed E-state index contributed by atoms with van der Waals surface area (Å²) >= 11 is 0. The van der Waals surface area contributed by atoms with Gasteiger partial charge in [-0.2, -0.15) is 0 Å². The first kappa shape index (κ1) is 14.0. The molecule has 0 saturated carbocycles. The molecule has 0 heterocycles. The van der Waals surface area contributed by atoms with E-state index in [1.807, 2.05) is 0 Å². The number of hydrogen-bond donors (Lipinski definition) is 3. The molecule has 7 heteroatoms. The Morgan fingerprint density at radius 1 is 1.29 bits per heavy atom. The summed E-state index contributed by atoms with van der Waals surface area (Å²) in [6, 6.07) is 1.45. The van der Waals surface area contributed by atoms with E-state index in [0.717, 1.165) is 6.26 Å². The van der Waals surface area contributed by atoms with Crippen molar-refractivity contribution in [2.24, 2.45) is 0 Å². The van der Waals surface area contributed by atoms with Gasteiger partial charge in [-0.1, -0.05) is 0 Å². The molecule has 0 fully saturated rings. The van der Waals surface area contributed by atoms with E-state index in [1.54, 1.807) is 20.9 Å². The van der Waals surface area contributed by atoms with Gasteiger partial charge >= 0.3 is 7.12 Å². The Balaban J connectivity index is 3.70. The Bertz CT molecular complexity index is 540. The van der Waals surface area contributed by atoms with Gasteiger partial charge in [-0.25, -0.2) is 8.42 Å². The third kappa shape index (κ3) is 2.62. The molecule has 94 valence electrons. The summed E-state index contributed by atoms with van der Waals surface area (Å²) in [7, 11) is -3.38. The highest BCUT2D eigenvalue weighted by atomic mass is 32.2. The molecule has 17 heavy (non-hydrogen) atoms. The largest absolute Gasteiger partial charge is 0.489 e. The van der Waals surface area contributed by atoms with Gasteiger partial charge in [0.15, 0.2) is 9.84 Å². The lowest BCUT2D eigenvalue weighted by Crippen LogP contribution is -2.35. The van der Waals surface area contributed by atoms with E-state index in [2.05, 4.69) is 5.32 Å². The maximum atomic E-state index is 11.6. The molecule has 0 amide bonds. The molecule has 1 rings (SSSR count). The number of nitrogens with one attached hydrogen (secondary N) is 1. The van der Waals surface area contributed by atoms with Crippen molar-refractivity contribution >= 4 is 28.1 Å². The van der Waals surface area contributed by atoms with Crippen LogP contribution in [0.5, 0.6) is 0 Å². The fraction of sp³-hybridized carbons (Fsp3) is 0.400. The van der Waals surface area contributed by atoms with Crippen LogP contribution in [0.2, 0.25) is 0 Å². The second-order valence-corrected chi connectivity index (χ2v) is 5.99. The van der Waals surface area contributed by atoms with Crippen molar-refractivity contribution in [3.05, 3.63) is 17.2 Å². The molecular weight excluding hydrogens is 241 g/mol. The first-order valence-electron chi connectivity index (χ1n) is 5.08. The molecule has 0 radical (unpaired) electrons. The maximum Gasteiger partial charge on any atom is 0.489 e. The van der Waals surface area contributed by atoms with Gasteiger partial charge in [0.1, 0.15) is 0 Å². The second-order valence-electron chi connectivity index (χ2n) is 4.00. The number of benzene rings is 1. The molecular formula is C10H16BNO4S. The van der Waals surface area contributed by atoms with Gasteiger partial charge in [0.05, 0.1) is 10.6 Å². The van der Waals surface area contributed by atoms with Crippen LogP contribution in [0.3, 0.4) is 0 Å². The van der Waals surface area contributed by atoms with Crippen LogP contribution in [0.1, 0.15) is 11.1 Å². The van der Waals surface area contributed by atoms with Crippen LogP contribution in [0.15, 0.2) is 11.0 Å². The SMILES string of the molecule is CNc1c(S(C)(=O)=O)cc(C)c(B(O)O)c1C. The van der Waals surface area contributed by atoms with Crippen LogP contribution in [0.25, 0.3) is 0 Å². The minimum Gasteiger partial charge on any atom is -0.423 e. The van der Waals surface area contributed by atoms with Crippen molar-refractivity contribution in [3.8, 4) is 0 Å². The Labute approximate surface area is 102 Å². The minimum absolute atomic E-state index is 0.166. The zero-order valence-corrected chi connectivity index (χ0v) is 11.1. The zero-order chi connectivity index (χ0) is 13.4. The molecule has 1 aromatic carbocycles. The average Bonchev–Trinajstić information content (AvgIpc) is 2.14. The van der Waals surface area contributed by atoms with Crippen LogP contribution >= 0.6 is 0 Å². The first-order chi connectivity index (χ1) is 7.70. The molecule has 5 nitrogen and oxygen atoms in total. The van der Waals surface area contributed by atoms with Crippen molar-refractivity contribution in [1.29, 1.82) is 0 Å². The van der Waals surface area contributed by atoms with Crippen molar-refractivity contribution < 1.29 is 18.5 Å². The fourth-order valence-electron chi connectivity index (χ4n) is 1.96. The molecule has 0 unspecified atom stereocenters. The van der Waals surface area contributed by atoms with Crippen LogP contribution in [-0.2, 0) is 9.84 Å². The lowest BCUT2D eigenvalue weighted by molar-refractivity contribution is 0.425. The summed E-state index contributed by atoms with van der Waals surface area (Å²) in [6.07, 6.45) is 1.12. The predicted octanol–water partition coefficient (Wildman–Crippen LogP) is -0.572. The average molecular weight is 257 g/mol. The van der Waals surface area contributed by atoms with Crippen molar-refractivity contribution in [1.82, 2.24) is 0 Å². The van der Waals surface area contributed by atoms with Gasteiger partial charge < -0.3 is 15.4 Å². The van der Waals surface area contributed by atoms with Crippen LogP contribution in [0, 0.1) is 13.8 Å². The lowest BCUT2D eigenvalue weighted by Gasteiger charge is -2.17. The Kier molecular flexibility index (Phi) is 3.86. The molecule has 0 saturated heterocycles. The molecule has 1 aromatic rings. The molecule has 0 aromatic heterocycles. The van der Waals surface area contributed by atoms with Gasteiger partial charge in [0.2, 0.25) is 0 Å². The Hall–Kier alpha value is -1.05. The quantitative estimate of drug-likeness (QED) is 0.631. The topological polar surface area (TPSA) is 86.6 Å². The second kappa shape index (κ2) is 4.68. The fourth-order valence-corrected chi connectivity index (χ4v) is 2.98. The molecule has 0 aliphatic heterocycles. The minimum atomic E-state index is -3.36. The zero-order valence-electron chi connectivity index (χ0n) is 10.3. The van der Waals surface area contributed by atoms with E-state index in [9.17, 15) is 18.5 Å². The van der Waals surface area contributed by atoms with Gasteiger partial charge in [0, 0.05) is 13.3 Å². The van der Waals surface area contributed by atoms with Crippen molar-refractivity contribution in [2.45, 2.75) is 18.7 Å². The number of hydrogen-bond acceptors (Lipinski definition) is 5. The molecule has 0 aliphatic rings. The normalized spacial score (nSPS) is 11.4. The molecule has 0 aliphatic carbocycles. The third-order valence-electron chi connectivity index (χ3n) is 2.71. The highest BCUT2D eigenvalue weighted by Gasteiger charge is 2.24. The van der Waals surface area contributed by atoms with E-state index < -0.39 is 17.0 Å². The van der Waals surface area contributed by atoms with Crippen LogP contribution < -0.4 is 10.8 Å². The molecule has 0 bridgehead atoms. The number of anilines is 1. The van der Waals surface area contributed by atoms with Gasteiger partial charge in [-0.3, -0.25) is 0 Å². The van der Waals surface area contributed by atoms with Crippen molar-refractivity contribution in [3.63, 3.8) is 0 Å². The smallest absolute Gasteiger partial charge is 0.423 e. The summed E-state index contributed by atoms with van der Waals surface area (Å²) in [5.74, 6) is 0. The summed E-state index contributed by atoms with van der Waals surface area (Å²) in [6.45, 7) is 3.30. The summed E-state index contributed by atoms with van der Waals surface area (Å²) in [5, 5.41) is 21.3. The van der Waals surface area contributed by atoms with E-state index in [1.165, 1.54) is 6.07 Å². The monoisotopic (exact) mass is 257 g/mol. The Morgan fingerprint density at radius 3 is 2.18 bits per heavy atom. The first-order valence-corrected chi connectivity index (χ1v) is 6.97. The van der Waals surface area contributed by atoms with Gasteiger partial charge in [-0.05, 0) is 36.5 Å². The van der Waals surface area contributed by atoms with Gasteiger partial charge in [0.25, 0.3) is 0 Å². The van der Waals surface area contributed by atoms with E-state index >= 15 is 0 Å². The van der Waals surface area contributed by atoms with Crippen molar-refractivity contribution in [2.75, 3.05) is 18.6 Å². The standard InChI is InChI=1S/C10H16BNO4S/c1-6-5-8(17(4,15)16)10(12-3)7(2)9(6)11(13)14/h5,12-14H,1-4H3. The Morgan fingerprint density at radius 2 is 1.82 bits per heavy atom. The number of rotatable bonds is 3. The third-order valence-corrected chi connectivity index (χ3v) is 3.83. The highest BCUT2D eigenvalue weighted by Crippen LogP contribution is 2.25. The summed E-state index contributed by atoms with van der Waals surface area (Å²) < 4.78 is 23.3. The summed E-state index contributed by atoms with van der Waals surface area (Å²) in [4.78, 5) is 0.166. The molecule has 3 N–H and O–H groups in total. The number of aryl methyl sites for hydroxylation is 1. The lowest BCUT2D eigenvalue weighted by atomic mass is 9.74. The summed E-state index contributed by atoms with van der Waals surface area (Å²) in [5.41, 5.74) is 1.81. The van der Waals surface area contributed by atoms with E-state index in [-0.39, 0.29) is 4.90 Å². The molecule has 0 spiro atoms. The number of sulfone groups is 1. The van der Waals surface area contributed by atoms with E-state index in [4.69, 9.17) is 0 Å².